The quantitative estimate of drug-likeness (QED) is 0.315. The highest BCUT2D eigenvalue weighted by molar-refractivity contribution is 6.09. The molecule has 9 nitrogen and oxygen atoms in total. The largest absolute Gasteiger partial charge is 0.493 e. The van der Waals surface area contributed by atoms with Gasteiger partial charge in [-0.1, -0.05) is 24.3 Å². The summed E-state index contributed by atoms with van der Waals surface area (Å²) >= 11 is 0. The minimum atomic E-state index is -0.519. The number of carbonyl (C=O) groups is 2. The first-order valence-electron chi connectivity index (χ1n) is 9.45. The normalized spacial score (nSPS) is 10.4. The molecule has 2 N–H and O–H groups in total. The lowest BCUT2D eigenvalue weighted by Gasteiger charge is -2.12. The van der Waals surface area contributed by atoms with E-state index in [2.05, 4.69) is 21.0 Å². The second-order valence-corrected chi connectivity index (χ2v) is 6.45. The van der Waals surface area contributed by atoms with Crippen molar-refractivity contribution in [3.63, 3.8) is 0 Å². The van der Waals surface area contributed by atoms with Crippen molar-refractivity contribution in [2.45, 2.75) is 0 Å². The van der Waals surface area contributed by atoms with Crippen LogP contribution in [0.25, 0.3) is 0 Å². The number of anilines is 1. The van der Waals surface area contributed by atoms with Crippen molar-refractivity contribution in [1.82, 2.24) is 5.43 Å². The van der Waals surface area contributed by atoms with Crippen molar-refractivity contribution in [3.8, 4) is 11.5 Å². The molecule has 0 saturated heterocycles. The number of amides is 2. The summed E-state index contributed by atoms with van der Waals surface area (Å²) in [6.07, 6.45) is 1.39. The predicted molar refractivity (Wildman–Crippen MR) is 121 cm³/mol. The fourth-order valence-corrected chi connectivity index (χ4v) is 2.85. The van der Waals surface area contributed by atoms with Gasteiger partial charge < -0.3 is 14.8 Å². The highest BCUT2D eigenvalue weighted by Gasteiger charge is 2.15. The van der Waals surface area contributed by atoms with E-state index < -0.39 is 11.8 Å². The summed E-state index contributed by atoms with van der Waals surface area (Å²) in [5.74, 6) is -0.0347. The van der Waals surface area contributed by atoms with Gasteiger partial charge in [-0.15, -0.1) is 4.91 Å². The first-order chi connectivity index (χ1) is 15.5. The molecule has 0 unspecified atom stereocenters. The van der Waals surface area contributed by atoms with Gasteiger partial charge in [0.25, 0.3) is 11.8 Å². The van der Waals surface area contributed by atoms with E-state index in [1.807, 2.05) is 0 Å². The number of hydrazone groups is 1. The Labute approximate surface area is 184 Å². The maximum absolute atomic E-state index is 12.7. The van der Waals surface area contributed by atoms with E-state index in [-0.39, 0.29) is 11.3 Å². The minimum Gasteiger partial charge on any atom is -0.493 e. The van der Waals surface area contributed by atoms with E-state index in [0.29, 0.717) is 28.3 Å². The van der Waals surface area contributed by atoms with Gasteiger partial charge in [0.2, 0.25) is 0 Å². The Kier molecular flexibility index (Phi) is 7.26. The van der Waals surface area contributed by atoms with Crippen LogP contribution in [0.3, 0.4) is 0 Å². The molecule has 0 fully saturated rings. The van der Waals surface area contributed by atoms with Crippen LogP contribution in [0.5, 0.6) is 11.5 Å². The lowest BCUT2D eigenvalue weighted by molar-refractivity contribution is 0.0956. The average molecular weight is 432 g/mol. The van der Waals surface area contributed by atoms with Crippen LogP contribution in [0, 0.1) is 4.91 Å². The van der Waals surface area contributed by atoms with Crippen molar-refractivity contribution in [1.29, 1.82) is 0 Å². The topological polar surface area (TPSA) is 118 Å². The minimum absolute atomic E-state index is 0.224. The van der Waals surface area contributed by atoms with E-state index in [0.717, 1.165) is 0 Å². The number of nitrogens with zero attached hydrogens (tertiary/aromatic N) is 2. The Morgan fingerprint density at radius 2 is 1.66 bits per heavy atom. The third-order valence-electron chi connectivity index (χ3n) is 4.42. The molecule has 0 aliphatic carbocycles. The molecule has 9 heteroatoms. The van der Waals surface area contributed by atoms with Crippen LogP contribution in [0.15, 0.2) is 77.0 Å². The zero-order chi connectivity index (χ0) is 22.9. The zero-order valence-electron chi connectivity index (χ0n) is 17.4. The smallest absolute Gasteiger partial charge is 0.273 e. The molecule has 2 amide bonds. The van der Waals surface area contributed by atoms with Crippen LogP contribution in [-0.4, -0.2) is 32.2 Å². The lowest BCUT2D eigenvalue weighted by atomic mass is 10.1. The maximum Gasteiger partial charge on any atom is 0.273 e. The number of methoxy groups -OCH3 is 2. The van der Waals surface area contributed by atoms with E-state index in [4.69, 9.17) is 9.47 Å². The summed E-state index contributed by atoms with van der Waals surface area (Å²) in [7, 11) is 2.98. The van der Waals surface area contributed by atoms with E-state index in [1.165, 1.54) is 26.5 Å². The summed E-state index contributed by atoms with van der Waals surface area (Å²) < 4.78 is 10.4. The monoisotopic (exact) mass is 432 g/mol. The SMILES string of the molecule is COc1ccc(C(=O)Nc2ccccc2C(=O)N/N=C/c2cccc(N=O)c2)cc1OC. The predicted octanol–water partition coefficient (Wildman–Crippen LogP) is 4.12. The first kappa shape index (κ1) is 22.2. The molecule has 0 radical (unpaired) electrons. The summed E-state index contributed by atoms with van der Waals surface area (Å²) in [5.41, 5.74) is 4.12. The molecule has 0 saturated carbocycles. The molecule has 0 aromatic heterocycles. The molecule has 0 aliphatic rings. The van der Waals surface area contributed by atoms with Gasteiger partial charge >= 0.3 is 0 Å². The van der Waals surface area contributed by atoms with E-state index >= 15 is 0 Å². The number of ether oxygens (including phenoxy) is 2. The number of hydrogen-bond acceptors (Lipinski definition) is 7. The van der Waals surface area contributed by atoms with Gasteiger partial charge in [0.15, 0.2) is 11.5 Å². The number of hydrogen-bond donors (Lipinski definition) is 2. The fourth-order valence-electron chi connectivity index (χ4n) is 2.85. The summed E-state index contributed by atoms with van der Waals surface area (Å²) in [4.78, 5) is 35.9. The van der Waals surface area contributed by atoms with Gasteiger partial charge in [0.05, 0.1) is 31.7 Å². The molecule has 0 bridgehead atoms. The first-order valence-corrected chi connectivity index (χ1v) is 9.45. The Morgan fingerprint density at radius 1 is 0.875 bits per heavy atom. The number of carbonyl (C=O) groups excluding carboxylic acids is 2. The fraction of sp³-hybridized carbons (Fsp3) is 0.0870. The van der Waals surface area contributed by atoms with Crippen molar-refractivity contribution in [2.75, 3.05) is 19.5 Å². The standard InChI is InChI=1S/C23H20N4O5/c1-31-20-11-10-16(13-21(20)32-2)22(28)25-19-9-4-3-8-18(19)23(29)26-24-14-15-6-5-7-17(12-15)27-30/h3-14H,1-2H3,(H,25,28)(H,26,29)/b24-14+. The van der Waals surface area contributed by atoms with Crippen LogP contribution >= 0.6 is 0 Å². The molecule has 0 spiro atoms. The van der Waals surface area contributed by atoms with Crippen molar-refractivity contribution in [3.05, 3.63) is 88.3 Å². The van der Waals surface area contributed by atoms with Gasteiger partial charge in [-0.3, -0.25) is 9.59 Å². The third kappa shape index (κ3) is 5.33. The van der Waals surface area contributed by atoms with Crippen molar-refractivity contribution in [2.24, 2.45) is 10.3 Å². The van der Waals surface area contributed by atoms with Crippen LogP contribution in [0.1, 0.15) is 26.3 Å². The zero-order valence-corrected chi connectivity index (χ0v) is 17.4. The molecule has 162 valence electrons. The van der Waals surface area contributed by atoms with E-state index in [1.54, 1.807) is 60.7 Å². The number of benzene rings is 3. The van der Waals surface area contributed by atoms with Gasteiger partial charge in [-0.25, -0.2) is 5.43 Å². The second-order valence-electron chi connectivity index (χ2n) is 6.45. The molecule has 0 heterocycles. The van der Waals surface area contributed by atoms with Crippen LogP contribution in [0.2, 0.25) is 0 Å². The molecule has 0 aliphatic heterocycles. The highest BCUT2D eigenvalue weighted by atomic mass is 16.5. The number of rotatable bonds is 8. The highest BCUT2D eigenvalue weighted by Crippen LogP contribution is 2.28. The third-order valence-corrected chi connectivity index (χ3v) is 4.42. The summed E-state index contributed by atoms with van der Waals surface area (Å²) in [6.45, 7) is 0. The van der Waals surface area contributed by atoms with Gasteiger partial charge in [-0.05, 0) is 53.2 Å². The Hall–Kier alpha value is -4.53. The number of nitroso groups, excluding NO2 is 1. The second kappa shape index (κ2) is 10.5. The average Bonchev–Trinajstić information content (AvgIpc) is 2.83. The lowest BCUT2D eigenvalue weighted by Crippen LogP contribution is -2.21. The van der Waals surface area contributed by atoms with Crippen LogP contribution in [0.4, 0.5) is 11.4 Å². The van der Waals surface area contributed by atoms with Gasteiger partial charge in [0.1, 0.15) is 5.69 Å². The molecule has 3 aromatic carbocycles. The Balaban J connectivity index is 1.73. The van der Waals surface area contributed by atoms with E-state index in [9.17, 15) is 14.5 Å². The van der Waals surface area contributed by atoms with Crippen LogP contribution in [-0.2, 0) is 0 Å². The molecule has 3 aromatic rings. The number of nitrogens with one attached hydrogen (secondary N) is 2. The summed E-state index contributed by atoms with van der Waals surface area (Å²) in [6, 6.07) is 17.7. The van der Waals surface area contributed by atoms with Crippen molar-refractivity contribution < 1.29 is 19.1 Å². The van der Waals surface area contributed by atoms with Gasteiger partial charge in [0, 0.05) is 5.56 Å². The molecular weight excluding hydrogens is 412 g/mol. The Bertz CT molecular complexity index is 1180. The number of para-hydroxylation sites is 1. The van der Waals surface area contributed by atoms with Crippen molar-refractivity contribution >= 4 is 29.4 Å². The van der Waals surface area contributed by atoms with Gasteiger partial charge in [-0.2, -0.15) is 5.10 Å². The Morgan fingerprint density at radius 3 is 2.41 bits per heavy atom. The molecule has 3 rings (SSSR count). The molecular formula is C23H20N4O5. The maximum atomic E-state index is 12.7. The summed E-state index contributed by atoms with van der Waals surface area (Å²) in [5, 5.41) is 9.48. The molecule has 0 atom stereocenters. The molecule has 32 heavy (non-hydrogen) atoms. The van der Waals surface area contributed by atoms with Crippen LogP contribution < -0.4 is 20.2 Å².